The highest BCUT2D eigenvalue weighted by molar-refractivity contribution is 6.05. The Balaban J connectivity index is 3.12. The van der Waals surface area contributed by atoms with Crippen molar-refractivity contribution in [3.8, 4) is 0 Å². The summed E-state index contributed by atoms with van der Waals surface area (Å²) in [6.07, 6.45) is 0. The first-order valence-corrected chi connectivity index (χ1v) is 4.34. The number of hydrogen-bond acceptors (Lipinski definition) is 3. The molecule has 0 bridgehead atoms. The lowest BCUT2D eigenvalue weighted by molar-refractivity contribution is 0.254. The van der Waals surface area contributed by atoms with E-state index in [4.69, 9.17) is 10.9 Å². The van der Waals surface area contributed by atoms with E-state index >= 15 is 0 Å². The molecule has 0 heterocycles. The zero-order valence-corrected chi connectivity index (χ0v) is 8.49. The maximum atomic E-state index is 12.9. The van der Waals surface area contributed by atoms with Crippen molar-refractivity contribution in [1.29, 1.82) is 0 Å². The van der Waals surface area contributed by atoms with Crippen molar-refractivity contribution in [3.63, 3.8) is 0 Å². The lowest BCUT2D eigenvalue weighted by atomic mass is 10.1. The molecule has 2 amide bonds. The molecular formula is C9H11FN4O2. The second kappa shape index (κ2) is 4.96. The Bertz CT molecular complexity index is 434. The summed E-state index contributed by atoms with van der Waals surface area (Å²) in [5, 5.41) is 16.0. The predicted octanol–water partition coefficient (Wildman–Crippen LogP) is 0.671. The topological polar surface area (TPSA) is 99.7 Å². The van der Waals surface area contributed by atoms with Crippen LogP contribution >= 0.6 is 0 Å². The summed E-state index contributed by atoms with van der Waals surface area (Å²) >= 11 is 0. The third kappa shape index (κ3) is 2.59. The number of anilines is 1. The fourth-order valence-electron chi connectivity index (χ4n) is 1.08. The molecule has 0 unspecified atom stereocenters. The van der Waals surface area contributed by atoms with Gasteiger partial charge in [-0.2, -0.15) is 0 Å². The number of oxime groups is 1. The normalized spacial score (nSPS) is 11.0. The van der Waals surface area contributed by atoms with Crippen molar-refractivity contribution in [3.05, 3.63) is 29.6 Å². The fraction of sp³-hybridized carbons (Fsp3) is 0.111. The maximum absolute atomic E-state index is 12.9. The third-order valence-corrected chi connectivity index (χ3v) is 1.84. The summed E-state index contributed by atoms with van der Waals surface area (Å²) in [5.41, 5.74) is 5.69. The van der Waals surface area contributed by atoms with E-state index in [1.807, 2.05) is 0 Å². The number of benzene rings is 1. The minimum absolute atomic E-state index is 0.103. The number of amidine groups is 1. The monoisotopic (exact) mass is 226 g/mol. The van der Waals surface area contributed by atoms with Crippen LogP contribution in [0.4, 0.5) is 14.9 Å². The lowest BCUT2D eigenvalue weighted by Crippen LogP contribution is -2.26. The highest BCUT2D eigenvalue weighted by Crippen LogP contribution is 2.16. The van der Waals surface area contributed by atoms with Crippen LogP contribution in [0.1, 0.15) is 5.56 Å². The average molecular weight is 226 g/mol. The molecule has 5 N–H and O–H groups in total. The van der Waals surface area contributed by atoms with Crippen LogP contribution in [0.3, 0.4) is 0 Å². The van der Waals surface area contributed by atoms with Crippen LogP contribution in [0.5, 0.6) is 0 Å². The number of nitrogens with zero attached hydrogens (tertiary/aromatic N) is 1. The van der Waals surface area contributed by atoms with Gasteiger partial charge in [-0.3, -0.25) is 0 Å². The van der Waals surface area contributed by atoms with Gasteiger partial charge in [-0.25, -0.2) is 9.18 Å². The van der Waals surface area contributed by atoms with Crippen molar-refractivity contribution in [2.45, 2.75) is 0 Å². The molecule has 0 saturated carbocycles. The summed E-state index contributed by atoms with van der Waals surface area (Å²) < 4.78 is 12.9. The molecule has 1 aromatic carbocycles. The van der Waals surface area contributed by atoms with Crippen LogP contribution in [0.2, 0.25) is 0 Å². The van der Waals surface area contributed by atoms with Crippen LogP contribution in [0.25, 0.3) is 0 Å². The summed E-state index contributed by atoms with van der Waals surface area (Å²) in [7, 11) is 1.43. The van der Waals surface area contributed by atoms with Gasteiger partial charge in [0, 0.05) is 12.6 Å². The van der Waals surface area contributed by atoms with Gasteiger partial charge >= 0.3 is 6.03 Å². The standard InChI is InChI=1S/C9H11FN4O2/c1-12-9(15)13-7-3-2-5(10)4-6(7)8(11)14-16/h2-4,16H,1H3,(H2,11,14)(H2,12,13,15). The van der Waals surface area contributed by atoms with Gasteiger partial charge in [-0.15, -0.1) is 0 Å². The second-order valence-corrected chi connectivity index (χ2v) is 2.88. The molecule has 1 rings (SSSR count). The average Bonchev–Trinajstić information content (AvgIpc) is 2.30. The van der Waals surface area contributed by atoms with Crippen LogP contribution in [0, 0.1) is 5.82 Å². The Kier molecular flexibility index (Phi) is 3.65. The Morgan fingerprint density at radius 1 is 1.56 bits per heavy atom. The number of carbonyl (C=O) groups excluding carboxylic acids is 1. The number of hydrogen-bond donors (Lipinski definition) is 4. The first kappa shape index (κ1) is 11.8. The van der Waals surface area contributed by atoms with Gasteiger partial charge in [0.15, 0.2) is 5.84 Å². The number of rotatable bonds is 2. The van der Waals surface area contributed by atoms with Crippen molar-refractivity contribution in [2.75, 3.05) is 12.4 Å². The molecule has 7 heteroatoms. The number of halogens is 1. The molecular weight excluding hydrogens is 215 g/mol. The van der Waals surface area contributed by atoms with E-state index in [0.29, 0.717) is 0 Å². The van der Waals surface area contributed by atoms with E-state index in [9.17, 15) is 9.18 Å². The predicted molar refractivity (Wildman–Crippen MR) is 57.0 cm³/mol. The molecule has 0 aliphatic rings. The zero-order chi connectivity index (χ0) is 12.1. The Hall–Kier alpha value is -2.31. The maximum Gasteiger partial charge on any atom is 0.318 e. The van der Waals surface area contributed by atoms with Crippen LogP contribution < -0.4 is 16.4 Å². The van der Waals surface area contributed by atoms with Crippen LogP contribution in [-0.4, -0.2) is 24.1 Å². The minimum Gasteiger partial charge on any atom is -0.409 e. The summed E-state index contributed by atoms with van der Waals surface area (Å²) in [6.45, 7) is 0. The number of amides is 2. The van der Waals surface area contributed by atoms with Crippen LogP contribution in [0.15, 0.2) is 23.4 Å². The number of nitrogens with one attached hydrogen (secondary N) is 2. The summed E-state index contributed by atoms with van der Waals surface area (Å²) in [6, 6.07) is 3.04. The van der Waals surface area contributed by atoms with Crippen LogP contribution in [-0.2, 0) is 0 Å². The van der Waals surface area contributed by atoms with Gasteiger partial charge in [0.25, 0.3) is 0 Å². The molecule has 0 aromatic heterocycles. The van der Waals surface area contributed by atoms with Gasteiger partial charge in [0.05, 0.1) is 5.69 Å². The molecule has 0 radical (unpaired) electrons. The summed E-state index contributed by atoms with van der Waals surface area (Å²) in [5.74, 6) is -0.838. The van der Waals surface area contributed by atoms with E-state index in [0.717, 1.165) is 12.1 Å². The molecule has 0 saturated heterocycles. The van der Waals surface area contributed by atoms with E-state index in [1.165, 1.54) is 13.1 Å². The van der Waals surface area contributed by atoms with Crippen molar-refractivity contribution < 1.29 is 14.4 Å². The van der Waals surface area contributed by atoms with Crippen molar-refractivity contribution in [1.82, 2.24) is 5.32 Å². The highest BCUT2D eigenvalue weighted by atomic mass is 19.1. The first-order chi connectivity index (χ1) is 7.58. The van der Waals surface area contributed by atoms with Gasteiger partial charge < -0.3 is 21.6 Å². The Labute approximate surface area is 90.9 Å². The smallest absolute Gasteiger partial charge is 0.318 e. The zero-order valence-electron chi connectivity index (χ0n) is 8.49. The molecule has 16 heavy (non-hydrogen) atoms. The number of carbonyl (C=O) groups is 1. The van der Waals surface area contributed by atoms with Gasteiger partial charge in [0.2, 0.25) is 0 Å². The van der Waals surface area contributed by atoms with E-state index in [1.54, 1.807) is 0 Å². The SMILES string of the molecule is CNC(=O)Nc1ccc(F)cc1/C(N)=N/O. The quantitative estimate of drug-likeness (QED) is 0.258. The molecule has 6 nitrogen and oxygen atoms in total. The summed E-state index contributed by atoms with van der Waals surface area (Å²) in [4.78, 5) is 11.1. The van der Waals surface area contributed by atoms with Gasteiger partial charge in [-0.1, -0.05) is 5.16 Å². The van der Waals surface area contributed by atoms with Crippen molar-refractivity contribution >= 4 is 17.6 Å². The van der Waals surface area contributed by atoms with Gasteiger partial charge in [-0.05, 0) is 18.2 Å². The fourth-order valence-corrected chi connectivity index (χ4v) is 1.08. The molecule has 0 atom stereocenters. The highest BCUT2D eigenvalue weighted by Gasteiger charge is 2.10. The van der Waals surface area contributed by atoms with Gasteiger partial charge in [0.1, 0.15) is 5.82 Å². The molecule has 0 aliphatic carbocycles. The lowest BCUT2D eigenvalue weighted by Gasteiger charge is -2.09. The second-order valence-electron chi connectivity index (χ2n) is 2.88. The largest absolute Gasteiger partial charge is 0.409 e. The van der Waals surface area contributed by atoms with E-state index in [-0.39, 0.29) is 17.1 Å². The number of urea groups is 1. The third-order valence-electron chi connectivity index (χ3n) is 1.84. The van der Waals surface area contributed by atoms with E-state index < -0.39 is 11.8 Å². The van der Waals surface area contributed by atoms with Crippen molar-refractivity contribution in [2.24, 2.45) is 10.9 Å². The number of nitrogens with two attached hydrogens (primary N) is 1. The molecule has 0 aliphatic heterocycles. The molecule has 1 aromatic rings. The van der Waals surface area contributed by atoms with E-state index in [2.05, 4.69) is 15.8 Å². The molecule has 0 fully saturated rings. The first-order valence-electron chi connectivity index (χ1n) is 4.34. The minimum atomic E-state index is -0.552. The Morgan fingerprint density at radius 2 is 2.25 bits per heavy atom. The molecule has 0 spiro atoms. The Morgan fingerprint density at radius 3 is 2.81 bits per heavy atom. The molecule has 86 valence electrons.